The second-order valence-electron chi connectivity index (χ2n) is 12.8. The zero-order valence-electron chi connectivity index (χ0n) is 24.9. The largest absolute Gasteiger partial charge is 0.481 e. The summed E-state index contributed by atoms with van der Waals surface area (Å²) in [6.45, 7) is 5.12. The number of aryl methyl sites for hydroxylation is 1. The number of hydrogen-bond donors (Lipinski definition) is 2. The summed E-state index contributed by atoms with van der Waals surface area (Å²) < 4.78 is 27.1. The number of amides is 2. The summed E-state index contributed by atoms with van der Waals surface area (Å²) in [6.07, 6.45) is 9.96. The van der Waals surface area contributed by atoms with Gasteiger partial charge in [-0.1, -0.05) is 30.7 Å². The monoisotopic (exact) mass is 627 g/mol. The predicted octanol–water partition coefficient (Wildman–Crippen LogP) is 5.41. The lowest BCUT2D eigenvalue weighted by atomic mass is 9.87. The number of furan rings is 1. The van der Waals surface area contributed by atoms with Crippen molar-refractivity contribution in [2.45, 2.75) is 76.5 Å². The molecule has 3 fully saturated rings. The fraction of sp³-hybridized carbons (Fsp3) is 0.545. The van der Waals surface area contributed by atoms with E-state index in [0.717, 1.165) is 43.3 Å². The van der Waals surface area contributed by atoms with Gasteiger partial charge in [-0.2, -0.15) is 0 Å². The molecule has 11 heteroatoms. The maximum Gasteiger partial charge on any atom is 0.306 e. The van der Waals surface area contributed by atoms with Crippen LogP contribution < -0.4 is 5.32 Å². The number of carboxylic acid groups (broad SMARTS) is 1. The van der Waals surface area contributed by atoms with Gasteiger partial charge in [0.05, 0.1) is 47.4 Å². The van der Waals surface area contributed by atoms with Crippen LogP contribution in [0.4, 0.5) is 10.1 Å². The van der Waals surface area contributed by atoms with Gasteiger partial charge in [0, 0.05) is 37.7 Å². The minimum Gasteiger partial charge on any atom is -0.481 e. The third-order valence-corrected chi connectivity index (χ3v) is 9.88. The molecule has 6 rings (SSSR count). The SMILES string of the molecule is CC1CN([C@H]2C[C@@H](CO[C@H]3CC[C@H](C(=O)O)CC3)N(C(=O)Cc3cc(Cl)c(NC(=O)c4coc5c4C=CCC5)cc3F)C2)C1. The van der Waals surface area contributed by atoms with Crippen molar-refractivity contribution >= 4 is 41.1 Å². The van der Waals surface area contributed by atoms with E-state index < -0.39 is 17.7 Å². The van der Waals surface area contributed by atoms with Crippen LogP contribution in [-0.2, 0) is 27.2 Å². The van der Waals surface area contributed by atoms with E-state index in [1.807, 2.05) is 17.1 Å². The molecule has 2 atom stereocenters. The molecule has 4 aliphatic rings. The fourth-order valence-electron chi connectivity index (χ4n) is 7.04. The van der Waals surface area contributed by atoms with Crippen LogP contribution in [0, 0.1) is 17.7 Å². The van der Waals surface area contributed by atoms with Crippen molar-refractivity contribution in [1.29, 1.82) is 0 Å². The van der Waals surface area contributed by atoms with E-state index in [-0.39, 0.29) is 52.7 Å². The molecule has 236 valence electrons. The molecule has 1 saturated carbocycles. The van der Waals surface area contributed by atoms with Crippen molar-refractivity contribution < 1.29 is 33.0 Å². The van der Waals surface area contributed by atoms with Gasteiger partial charge in [-0.15, -0.1) is 0 Å². The number of nitrogens with one attached hydrogen (secondary N) is 1. The Kier molecular flexibility index (Phi) is 9.12. The number of halogens is 2. The topological polar surface area (TPSA) is 112 Å². The Morgan fingerprint density at radius 1 is 1.16 bits per heavy atom. The second kappa shape index (κ2) is 13.0. The molecule has 2 amide bonds. The number of fused-ring (bicyclic) bond motifs is 1. The van der Waals surface area contributed by atoms with E-state index in [1.54, 1.807) is 0 Å². The first kappa shape index (κ1) is 30.8. The van der Waals surface area contributed by atoms with Crippen LogP contribution >= 0.6 is 11.6 Å². The molecular formula is C33H39ClFN3O6. The van der Waals surface area contributed by atoms with Crippen LogP contribution in [0.1, 0.15) is 72.7 Å². The first-order valence-corrected chi connectivity index (χ1v) is 16.0. The molecule has 1 aromatic heterocycles. The molecule has 44 heavy (non-hydrogen) atoms. The van der Waals surface area contributed by atoms with Crippen molar-refractivity contribution in [2.24, 2.45) is 11.8 Å². The number of carbonyl (C=O) groups is 3. The van der Waals surface area contributed by atoms with Crippen LogP contribution in [0.2, 0.25) is 5.02 Å². The fourth-order valence-corrected chi connectivity index (χ4v) is 7.27. The van der Waals surface area contributed by atoms with Crippen molar-refractivity contribution in [3.05, 3.63) is 57.8 Å². The Bertz CT molecular complexity index is 1450. The van der Waals surface area contributed by atoms with Gasteiger partial charge in [-0.05, 0) is 62.1 Å². The van der Waals surface area contributed by atoms with Gasteiger partial charge in [-0.3, -0.25) is 19.3 Å². The molecule has 0 bridgehead atoms. The van der Waals surface area contributed by atoms with Gasteiger partial charge in [0.1, 0.15) is 17.8 Å². The Morgan fingerprint density at radius 2 is 1.93 bits per heavy atom. The van der Waals surface area contributed by atoms with E-state index >= 15 is 4.39 Å². The van der Waals surface area contributed by atoms with E-state index in [2.05, 4.69) is 17.1 Å². The number of benzene rings is 1. The maximum absolute atomic E-state index is 15.3. The van der Waals surface area contributed by atoms with Crippen molar-refractivity contribution in [3.8, 4) is 0 Å². The number of nitrogens with zero attached hydrogens (tertiary/aromatic N) is 2. The van der Waals surface area contributed by atoms with Gasteiger partial charge in [0.25, 0.3) is 5.91 Å². The van der Waals surface area contributed by atoms with Gasteiger partial charge in [0.2, 0.25) is 5.91 Å². The average molecular weight is 628 g/mol. The lowest BCUT2D eigenvalue weighted by Gasteiger charge is -2.41. The highest BCUT2D eigenvalue weighted by atomic mass is 35.5. The van der Waals surface area contributed by atoms with Crippen LogP contribution in [0.15, 0.2) is 28.9 Å². The first-order chi connectivity index (χ1) is 21.2. The molecule has 1 aromatic carbocycles. The number of rotatable bonds is 9. The summed E-state index contributed by atoms with van der Waals surface area (Å²) in [4.78, 5) is 42.1. The first-order valence-electron chi connectivity index (χ1n) is 15.6. The number of hydrogen-bond acceptors (Lipinski definition) is 6. The average Bonchev–Trinajstić information content (AvgIpc) is 3.62. The summed E-state index contributed by atoms with van der Waals surface area (Å²) >= 11 is 6.49. The zero-order valence-corrected chi connectivity index (χ0v) is 25.7. The highest BCUT2D eigenvalue weighted by molar-refractivity contribution is 6.34. The van der Waals surface area contributed by atoms with E-state index in [1.165, 1.54) is 12.3 Å². The summed E-state index contributed by atoms with van der Waals surface area (Å²) in [7, 11) is 0. The lowest BCUT2D eigenvalue weighted by molar-refractivity contribution is -0.144. The molecule has 2 N–H and O–H groups in total. The molecule has 3 heterocycles. The van der Waals surface area contributed by atoms with Crippen LogP contribution in [0.3, 0.4) is 0 Å². The molecule has 2 aliphatic carbocycles. The van der Waals surface area contributed by atoms with Gasteiger partial charge < -0.3 is 24.5 Å². The standard InChI is InChI=1S/C33H39ClFN3O6/c1-19-14-37(15-19)22-12-23(17-43-24-8-6-20(7-9-24)33(41)42)38(16-22)31(39)11-21-10-27(34)29(13-28(21)35)36-32(40)26-18-44-30-5-3-2-4-25(26)30/h2,4,10,13,18-20,22-24H,3,5-9,11-12,14-17H2,1H3,(H,36,40)(H,41,42)/t20-,22-,23-,24-/m0/s1. The normalized spacial score (nSPS) is 25.5. The third-order valence-electron chi connectivity index (χ3n) is 9.57. The minimum atomic E-state index is -0.751. The van der Waals surface area contributed by atoms with Crippen LogP contribution in [-0.4, -0.2) is 77.1 Å². The lowest BCUT2D eigenvalue weighted by Crippen LogP contribution is -2.52. The zero-order chi connectivity index (χ0) is 31.0. The van der Waals surface area contributed by atoms with Crippen LogP contribution in [0.5, 0.6) is 0 Å². The van der Waals surface area contributed by atoms with Crippen molar-refractivity contribution in [3.63, 3.8) is 0 Å². The maximum atomic E-state index is 15.3. The van der Waals surface area contributed by atoms with Gasteiger partial charge >= 0.3 is 5.97 Å². The molecule has 9 nitrogen and oxygen atoms in total. The molecule has 2 aliphatic heterocycles. The number of aliphatic carboxylic acids is 1. The predicted molar refractivity (Wildman–Crippen MR) is 163 cm³/mol. The summed E-state index contributed by atoms with van der Waals surface area (Å²) in [5.41, 5.74) is 1.36. The highest BCUT2D eigenvalue weighted by Gasteiger charge is 2.41. The van der Waals surface area contributed by atoms with Crippen molar-refractivity contribution in [1.82, 2.24) is 9.80 Å². The molecule has 2 saturated heterocycles. The number of allylic oxidation sites excluding steroid dienone is 1. The van der Waals surface area contributed by atoms with E-state index in [0.29, 0.717) is 56.7 Å². The summed E-state index contributed by atoms with van der Waals surface area (Å²) in [5, 5.41) is 12.1. The van der Waals surface area contributed by atoms with Gasteiger partial charge in [0.15, 0.2) is 0 Å². The summed E-state index contributed by atoms with van der Waals surface area (Å²) in [6, 6.07) is 2.65. The molecular weight excluding hydrogens is 589 g/mol. The highest BCUT2D eigenvalue weighted by Crippen LogP contribution is 2.33. The summed E-state index contributed by atoms with van der Waals surface area (Å²) in [5.74, 6) is -0.967. The Hall–Kier alpha value is -3.21. The Balaban J connectivity index is 1.10. The molecule has 2 aromatic rings. The third kappa shape index (κ3) is 6.57. The van der Waals surface area contributed by atoms with E-state index in [9.17, 15) is 19.5 Å². The van der Waals surface area contributed by atoms with E-state index in [4.69, 9.17) is 20.8 Å². The molecule has 0 radical (unpaired) electrons. The Labute approximate surface area is 261 Å². The molecule has 0 spiro atoms. The van der Waals surface area contributed by atoms with Crippen molar-refractivity contribution in [2.75, 3.05) is 31.6 Å². The Morgan fingerprint density at radius 3 is 2.66 bits per heavy atom. The minimum absolute atomic E-state index is 0.0202. The quantitative estimate of drug-likeness (QED) is 0.382. The number of carboxylic acids is 1. The number of anilines is 1. The smallest absolute Gasteiger partial charge is 0.306 e. The van der Waals surface area contributed by atoms with Gasteiger partial charge in [-0.25, -0.2) is 4.39 Å². The number of carbonyl (C=O) groups excluding carboxylic acids is 2. The number of ether oxygens (including phenoxy) is 1. The van der Waals surface area contributed by atoms with Crippen LogP contribution in [0.25, 0.3) is 6.08 Å². The second-order valence-corrected chi connectivity index (χ2v) is 13.2. The molecule has 0 unspecified atom stereocenters. The number of likely N-dealkylation sites (tertiary alicyclic amines) is 2.